The molecule has 1 aliphatic carbocycles. The molecule has 106 valence electrons. The maximum atomic E-state index is 12.1. The first-order valence-electron chi connectivity index (χ1n) is 6.59. The van der Waals surface area contributed by atoms with Gasteiger partial charge in [-0.1, -0.05) is 17.7 Å². The van der Waals surface area contributed by atoms with Crippen LogP contribution in [0.15, 0.2) is 24.3 Å². The van der Waals surface area contributed by atoms with Crippen molar-refractivity contribution in [3.8, 4) is 0 Å². The van der Waals surface area contributed by atoms with Crippen LogP contribution in [0.3, 0.4) is 0 Å². The number of carbonyl (C=O) groups excluding carboxylic acids is 1. The number of nitrogens with zero attached hydrogens (tertiary/aromatic N) is 1. The molecule has 1 amide bonds. The van der Waals surface area contributed by atoms with Crippen LogP contribution >= 0.6 is 23.7 Å². The topological polar surface area (TPSA) is 42.0 Å². The Morgan fingerprint density at radius 3 is 2.60 bits per heavy atom. The predicted octanol–water partition coefficient (Wildman–Crippen LogP) is 4.00. The Balaban J connectivity index is 0.00000147. The molecule has 3 rings (SSSR count). The molecule has 0 saturated heterocycles. The summed E-state index contributed by atoms with van der Waals surface area (Å²) < 4.78 is 0. The number of anilines is 1. The number of rotatable bonds is 2. The van der Waals surface area contributed by atoms with E-state index < -0.39 is 0 Å². The summed E-state index contributed by atoms with van der Waals surface area (Å²) >= 11 is 1.62. The quantitative estimate of drug-likeness (QED) is 0.911. The molecule has 0 aliphatic heterocycles. The van der Waals surface area contributed by atoms with E-state index in [-0.39, 0.29) is 18.3 Å². The summed E-state index contributed by atoms with van der Waals surface area (Å²) in [6.07, 6.45) is 4.60. The van der Waals surface area contributed by atoms with Gasteiger partial charge in [0.1, 0.15) is 0 Å². The highest BCUT2D eigenvalue weighted by molar-refractivity contribution is 7.15. The zero-order valence-corrected chi connectivity index (χ0v) is 12.9. The molecule has 3 nitrogen and oxygen atoms in total. The minimum absolute atomic E-state index is 0. The molecule has 1 aromatic heterocycles. The second-order valence-electron chi connectivity index (χ2n) is 4.92. The molecule has 0 radical (unpaired) electrons. The normalized spacial score (nSPS) is 13.2. The summed E-state index contributed by atoms with van der Waals surface area (Å²) in [5.74, 6) is -0.0777. The molecule has 0 unspecified atom stereocenters. The summed E-state index contributed by atoms with van der Waals surface area (Å²) in [6.45, 7) is 2.01. The van der Waals surface area contributed by atoms with Gasteiger partial charge in [-0.3, -0.25) is 10.1 Å². The van der Waals surface area contributed by atoms with Crippen LogP contribution in [0.2, 0.25) is 0 Å². The highest BCUT2D eigenvalue weighted by Gasteiger charge is 2.16. The minimum Gasteiger partial charge on any atom is -0.298 e. The molecule has 1 aromatic carbocycles. The van der Waals surface area contributed by atoms with Gasteiger partial charge in [0.2, 0.25) is 0 Å². The number of halogens is 1. The summed E-state index contributed by atoms with van der Waals surface area (Å²) in [5.41, 5.74) is 3.01. The Kier molecular flexibility index (Phi) is 4.78. The first-order chi connectivity index (χ1) is 9.22. The Bertz CT molecular complexity index is 583. The zero-order chi connectivity index (χ0) is 13.2. The smallest absolute Gasteiger partial charge is 0.257 e. The molecule has 20 heavy (non-hydrogen) atoms. The number of aryl methyl sites for hydroxylation is 3. The lowest BCUT2D eigenvalue weighted by Gasteiger charge is -2.06. The summed E-state index contributed by atoms with van der Waals surface area (Å²) in [4.78, 5) is 18.0. The Hall–Kier alpha value is -1.39. The lowest BCUT2D eigenvalue weighted by Crippen LogP contribution is -2.11. The van der Waals surface area contributed by atoms with Crippen molar-refractivity contribution in [2.45, 2.75) is 32.6 Å². The molecule has 2 aromatic rings. The van der Waals surface area contributed by atoms with Gasteiger partial charge in [0.25, 0.3) is 5.91 Å². The fourth-order valence-corrected chi connectivity index (χ4v) is 3.32. The van der Waals surface area contributed by atoms with E-state index in [4.69, 9.17) is 0 Å². The molecule has 0 spiro atoms. The SMILES string of the molecule is Cc1ccc(C(=O)Nc2nc3c(s2)CCCC3)cc1.Cl. The van der Waals surface area contributed by atoms with Crippen LogP contribution in [0, 0.1) is 6.92 Å². The number of carbonyl (C=O) groups is 1. The summed E-state index contributed by atoms with van der Waals surface area (Å²) in [7, 11) is 0. The number of hydrogen-bond donors (Lipinski definition) is 1. The lowest BCUT2D eigenvalue weighted by molar-refractivity contribution is 0.102. The average molecular weight is 309 g/mol. The largest absolute Gasteiger partial charge is 0.298 e. The number of hydrogen-bond acceptors (Lipinski definition) is 3. The first kappa shape index (κ1) is 15.0. The molecule has 0 saturated carbocycles. The van der Waals surface area contributed by atoms with Gasteiger partial charge >= 0.3 is 0 Å². The van der Waals surface area contributed by atoms with Crippen LogP contribution < -0.4 is 5.32 Å². The zero-order valence-electron chi connectivity index (χ0n) is 11.3. The highest BCUT2D eigenvalue weighted by Crippen LogP contribution is 2.29. The monoisotopic (exact) mass is 308 g/mol. The minimum atomic E-state index is -0.0777. The van der Waals surface area contributed by atoms with Crippen molar-refractivity contribution in [2.24, 2.45) is 0 Å². The molecule has 1 N–H and O–H groups in total. The predicted molar refractivity (Wildman–Crippen MR) is 85.1 cm³/mol. The van der Waals surface area contributed by atoms with Crippen LogP contribution in [0.1, 0.15) is 39.3 Å². The van der Waals surface area contributed by atoms with E-state index in [1.807, 2.05) is 31.2 Å². The molecule has 1 aliphatic rings. The van der Waals surface area contributed by atoms with Crippen molar-refractivity contribution in [2.75, 3.05) is 5.32 Å². The van der Waals surface area contributed by atoms with Gasteiger partial charge in [-0.05, 0) is 44.7 Å². The number of fused-ring (bicyclic) bond motifs is 1. The fourth-order valence-electron chi connectivity index (χ4n) is 2.28. The second kappa shape index (κ2) is 6.37. The summed E-state index contributed by atoms with van der Waals surface area (Å²) in [6, 6.07) is 7.58. The first-order valence-corrected chi connectivity index (χ1v) is 7.40. The number of benzene rings is 1. The molecule has 5 heteroatoms. The third kappa shape index (κ3) is 3.19. The van der Waals surface area contributed by atoms with E-state index >= 15 is 0 Å². The number of thiazole rings is 1. The second-order valence-corrected chi connectivity index (χ2v) is 6.00. The highest BCUT2D eigenvalue weighted by atomic mass is 35.5. The third-order valence-corrected chi connectivity index (χ3v) is 4.45. The standard InChI is InChI=1S/C15H16N2OS.ClH/c1-10-6-8-11(9-7-10)14(18)17-15-16-12-4-2-3-5-13(12)19-15;/h6-9H,2-5H2,1H3,(H,16,17,18);1H. The Morgan fingerprint density at radius 2 is 1.90 bits per heavy atom. The van der Waals surface area contributed by atoms with Gasteiger partial charge in [-0.25, -0.2) is 4.98 Å². The average Bonchev–Trinajstić information content (AvgIpc) is 2.81. The maximum Gasteiger partial charge on any atom is 0.257 e. The lowest BCUT2D eigenvalue weighted by atomic mass is 10.0. The van der Waals surface area contributed by atoms with E-state index in [2.05, 4.69) is 10.3 Å². The van der Waals surface area contributed by atoms with E-state index in [0.29, 0.717) is 5.56 Å². The summed E-state index contributed by atoms with van der Waals surface area (Å²) in [5, 5.41) is 3.64. The van der Waals surface area contributed by atoms with Crippen LogP contribution in [0.5, 0.6) is 0 Å². The van der Waals surface area contributed by atoms with Crippen LogP contribution in [0.4, 0.5) is 5.13 Å². The van der Waals surface area contributed by atoms with Crippen molar-refractivity contribution in [1.82, 2.24) is 4.98 Å². The van der Waals surface area contributed by atoms with Crippen LogP contribution in [-0.4, -0.2) is 10.9 Å². The fraction of sp³-hybridized carbons (Fsp3) is 0.333. The van der Waals surface area contributed by atoms with Gasteiger partial charge in [-0.2, -0.15) is 0 Å². The van der Waals surface area contributed by atoms with Gasteiger partial charge in [0, 0.05) is 10.4 Å². The van der Waals surface area contributed by atoms with Gasteiger partial charge in [0.15, 0.2) is 5.13 Å². The number of amides is 1. The van der Waals surface area contributed by atoms with Crippen molar-refractivity contribution in [3.05, 3.63) is 46.0 Å². The molecular weight excluding hydrogens is 292 g/mol. The van der Waals surface area contributed by atoms with Crippen molar-refractivity contribution < 1.29 is 4.79 Å². The maximum absolute atomic E-state index is 12.1. The van der Waals surface area contributed by atoms with Crippen molar-refractivity contribution in [1.29, 1.82) is 0 Å². The molecule has 0 atom stereocenters. The molecule has 0 bridgehead atoms. The van der Waals surface area contributed by atoms with Gasteiger partial charge in [0.05, 0.1) is 5.69 Å². The van der Waals surface area contributed by atoms with Crippen LogP contribution in [-0.2, 0) is 12.8 Å². The Morgan fingerprint density at radius 1 is 1.20 bits per heavy atom. The van der Waals surface area contributed by atoms with Crippen molar-refractivity contribution in [3.63, 3.8) is 0 Å². The van der Waals surface area contributed by atoms with Crippen molar-refractivity contribution >= 4 is 34.8 Å². The van der Waals surface area contributed by atoms with Crippen LogP contribution in [0.25, 0.3) is 0 Å². The van der Waals surface area contributed by atoms with Gasteiger partial charge < -0.3 is 0 Å². The van der Waals surface area contributed by atoms with E-state index in [1.165, 1.54) is 23.4 Å². The third-order valence-electron chi connectivity index (χ3n) is 3.38. The number of nitrogens with one attached hydrogen (secondary N) is 1. The molecule has 0 fully saturated rings. The Labute approximate surface area is 128 Å². The molecule has 1 heterocycles. The number of aromatic nitrogens is 1. The van der Waals surface area contributed by atoms with E-state index in [1.54, 1.807) is 11.3 Å². The molecular formula is C15H17ClN2OS. The van der Waals surface area contributed by atoms with E-state index in [0.717, 1.165) is 23.5 Å². The van der Waals surface area contributed by atoms with Gasteiger partial charge in [-0.15, -0.1) is 23.7 Å². The van der Waals surface area contributed by atoms with E-state index in [9.17, 15) is 4.79 Å².